The maximum atomic E-state index is 14.4. The normalized spacial score (nSPS) is 13.3. The summed E-state index contributed by atoms with van der Waals surface area (Å²) in [6, 6.07) is 7.80. The molecule has 0 aromatic heterocycles. The molecular weight excluding hydrogens is 540 g/mol. The van der Waals surface area contributed by atoms with E-state index in [0.717, 1.165) is 33.4 Å². The summed E-state index contributed by atoms with van der Waals surface area (Å²) in [5.74, 6) is 0.0778. The third kappa shape index (κ3) is 8.54. The van der Waals surface area contributed by atoms with Crippen molar-refractivity contribution in [3.8, 4) is 11.5 Å². The molecule has 242 valence electrons. The summed E-state index contributed by atoms with van der Waals surface area (Å²) < 4.78 is 16.9. The Kier molecular flexibility index (Phi) is 11.2. The van der Waals surface area contributed by atoms with E-state index in [9.17, 15) is 15.0 Å². The monoisotopic (exact) mass is 598 g/mol. The summed E-state index contributed by atoms with van der Waals surface area (Å²) in [5, 5.41) is 23.0. The van der Waals surface area contributed by atoms with Gasteiger partial charge in [-0.25, -0.2) is 0 Å². The number of carbonyl (C=O) groups is 1. The van der Waals surface area contributed by atoms with Crippen LogP contribution >= 0.6 is 0 Å². The minimum absolute atomic E-state index is 0.0905. The highest BCUT2D eigenvalue weighted by molar-refractivity contribution is 5.88. The number of esters is 1. The van der Waals surface area contributed by atoms with Gasteiger partial charge in [-0.05, 0) is 68.9 Å². The van der Waals surface area contributed by atoms with Gasteiger partial charge < -0.3 is 24.4 Å². The first-order valence-electron chi connectivity index (χ1n) is 15.6. The van der Waals surface area contributed by atoms with Crippen LogP contribution in [0.15, 0.2) is 24.3 Å². The zero-order valence-corrected chi connectivity index (χ0v) is 29.4. The fourth-order valence-electron chi connectivity index (χ4n) is 5.24. The first kappa shape index (κ1) is 36.6. The minimum Gasteiger partial charge on any atom is -0.507 e. The largest absolute Gasteiger partial charge is 0.507 e. The van der Waals surface area contributed by atoms with Gasteiger partial charge in [0.2, 0.25) is 0 Å². The molecule has 0 saturated carbocycles. The smallest absolute Gasteiger partial charge is 0.320 e. The van der Waals surface area contributed by atoms with Crippen molar-refractivity contribution in [1.29, 1.82) is 0 Å². The molecule has 0 aliphatic carbocycles. The van der Waals surface area contributed by atoms with E-state index < -0.39 is 11.4 Å². The maximum absolute atomic E-state index is 14.4. The molecule has 6 nitrogen and oxygen atoms in total. The molecule has 2 aromatic rings. The second-order valence-corrected chi connectivity index (χ2v) is 15.9. The van der Waals surface area contributed by atoms with E-state index >= 15 is 0 Å². The van der Waals surface area contributed by atoms with Gasteiger partial charge in [0.1, 0.15) is 23.5 Å². The lowest BCUT2D eigenvalue weighted by molar-refractivity contribution is -0.150. The highest BCUT2D eigenvalue weighted by Crippen LogP contribution is 2.47. The number of hydrogen-bond acceptors (Lipinski definition) is 6. The molecule has 0 saturated heterocycles. The lowest BCUT2D eigenvalue weighted by atomic mass is 9.68. The Morgan fingerprint density at radius 1 is 0.558 bits per heavy atom. The molecule has 43 heavy (non-hydrogen) atoms. The van der Waals surface area contributed by atoms with Gasteiger partial charge in [0.15, 0.2) is 0 Å². The number of carbonyl (C=O) groups excluding carboxylic acids is 1. The summed E-state index contributed by atoms with van der Waals surface area (Å²) in [6.45, 7) is 30.4. The molecule has 0 aliphatic heterocycles. The Morgan fingerprint density at radius 3 is 1.16 bits per heavy atom. The fraction of sp³-hybridized carbons (Fsp3) is 0.649. The van der Waals surface area contributed by atoms with E-state index in [1.807, 2.05) is 38.1 Å². The topological polar surface area (TPSA) is 85.2 Å². The van der Waals surface area contributed by atoms with Crippen LogP contribution in [0.5, 0.6) is 11.5 Å². The SMILES string of the molecule is CCOCCOCCOC(=O)C(C)(c1cc(C(C)(C)C)c(O)c(C(C)(C)C)c1)c1cc(C(C)(C)C)c(O)c(C(C)(C)C)c1. The first-order chi connectivity index (χ1) is 19.5. The summed E-state index contributed by atoms with van der Waals surface area (Å²) in [5.41, 5.74) is 1.70. The van der Waals surface area contributed by atoms with Gasteiger partial charge in [-0.15, -0.1) is 0 Å². The molecule has 0 atom stereocenters. The number of phenols is 2. The molecule has 0 heterocycles. The lowest BCUT2D eigenvalue weighted by Gasteiger charge is -2.36. The number of aromatic hydroxyl groups is 2. The van der Waals surface area contributed by atoms with Crippen LogP contribution < -0.4 is 0 Å². The third-order valence-electron chi connectivity index (χ3n) is 8.05. The van der Waals surface area contributed by atoms with E-state index in [-0.39, 0.29) is 46.4 Å². The van der Waals surface area contributed by atoms with Crippen molar-refractivity contribution in [3.05, 3.63) is 57.6 Å². The number of benzene rings is 2. The average Bonchev–Trinajstić information content (AvgIpc) is 2.84. The van der Waals surface area contributed by atoms with E-state index in [1.54, 1.807) is 0 Å². The van der Waals surface area contributed by atoms with Gasteiger partial charge in [-0.2, -0.15) is 0 Å². The minimum atomic E-state index is -1.26. The first-order valence-corrected chi connectivity index (χ1v) is 15.6. The molecule has 0 amide bonds. The zero-order chi connectivity index (χ0) is 33.2. The van der Waals surface area contributed by atoms with Gasteiger partial charge in [0, 0.05) is 6.61 Å². The standard InChI is InChI=1S/C37H58O6/c1-15-41-16-17-42-18-19-43-32(40)37(14,24-20-26(33(2,3)4)30(38)27(21-24)34(5,6)7)25-22-28(35(8,9)10)31(39)29(23-25)36(11,12)13/h20-23,38-39H,15-19H2,1-14H3. The molecule has 0 fully saturated rings. The second-order valence-electron chi connectivity index (χ2n) is 15.9. The van der Waals surface area contributed by atoms with Crippen LogP contribution in [0.1, 0.15) is 130 Å². The summed E-state index contributed by atoms with van der Waals surface area (Å²) in [7, 11) is 0. The maximum Gasteiger partial charge on any atom is 0.320 e. The van der Waals surface area contributed by atoms with Crippen LogP contribution in [0.2, 0.25) is 0 Å². The van der Waals surface area contributed by atoms with Crippen LogP contribution in [0.3, 0.4) is 0 Å². The molecule has 2 N–H and O–H groups in total. The molecule has 2 aromatic carbocycles. The predicted octanol–water partition coefficient (Wildman–Crippen LogP) is 8.19. The van der Waals surface area contributed by atoms with Crippen molar-refractivity contribution < 1.29 is 29.2 Å². The van der Waals surface area contributed by atoms with Crippen LogP contribution in [0.25, 0.3) is 0 Å². The number of phenolic OH excluding ortho intramolecular Hbond substituents is 2. The van der Waals surface area contributed by atoms with Crippen molar-refractivity contribution in [1.82, 2.24) is 0 Å². The Bertz CT molecular complexity index is 1110. The van der Waals surface area contributed by atoms with Crippen molar-refractivity contribution in [2.45, 2.75) is 124 Å². The lowest BCUT2D eigenvalue weighted by Crippen LogP contribution is -2.38. The predicted molar refractivity (Wildman–Crippen MR) is 176 cm³/mol. The Morgan fingerprint density at radius 2 is 0.860 bits per heavy atom. The van der Waals surface area contributed by atoms with E-state index in [1.165, 1.54) is 0 Å². The van der Waals surface area contributed by atoms with Gasteiger partial charge in [-0.1, -0.05) is 107 Å². The molecule has 2 rings (SSSR count). The second kappa shape index (κ2) is 13.2. The Hall–Kier alpha value is -2.57. The van der Waals surface area contributed by atoms with Crippen molar-refractivity contribution >= 4 is 5.97 Å². The van der Waals surface area contributed by atoms with E-state index in [2.05, 4.69) is 83.1 Å². The number of ether oxygens (including phenoxy) is 3. The van der Waals surface area contributed by atoms with Crippen LogP contribution in [-0.2, 0) is 46.1 Å². The molecule has 0 spiro atoms. The van der Waals surface area contributed by atoms with E-state index in [4.69, 9.17) is 14.2 Å². The molecular formula is C37H58O6. The third-order valence-corrected chi connectivity index (χ3v) is 8.05. The summed E-state index contributed by atoms with van der Waals surface area (Å²) in [6.07, 6.45) is 0. The summed E-state index contributed by atoms with van der Waals surface area (Å²) in [4.78, 5) is 14.4. The van der Waals surface area contributed by atoms with E-state index in [0.29, 0.717) is 19.8 Å². The van der Waals surface area contributed by atoms with Gasteiger partial charge in [-0.3, -0.25) is 4.79 Å². The van der Waals surface area contributed by atoms with Crippen molar-refractivity contribution in [2.75, 3.05) is 33.0 Å². The zero-order valence-electron chi connectivity index (χ0n) is 29.4. The highest BCUT2D eigenvalue weighted by atomic mass is 16.6. The quantitative estimate of drug-likeness (QED) is 0.212. The van der Waals surface area contributed by atoms with Crippen molar-refractivity contribution in [2.24, 2.45) is 0 Å². The van der Waals surface area contributed by atoms with Crippen molar-refractivity contribution in [3.63, 3.8) is 0 Å². The molecule has 6 heteroatoms. The van der Waals surface area contributed by atoms with Crippen LogP contribution in [0, 0.1) is 0 Å². The van der Waals surface area contributed by atoms with Gasteiger partial charge in [0.05, 0.1) is 19.8 Å². The van der Waals surface area contributed by atoms with Gasteiger partial charge in [0.25, 0.3) is 0 Å². The molecule has 0 bridgehead atoms. The molecule has 0 aliphatic rings. The number of rotatable bonds is 10. The summed E-state index contributed by atoms with van der Waals surface area (Å²) >= 11 is 0. The van der Waals surface area contributed by atoms with Crippen LogP contribution in [0.4, 0.5) is 0 Å². The Balaban J connectivity index is 2.91. The Labute approximate surface area is 261 Å². The fourth-order valence-corrected chi connectivity index (χ4v) is 5.24. The average molecular weight is 599 g/mol. The van der Waals surface area contributed by atoms with Gasteiger partial charge >= 0.3 is 5.97 Å². The highest BCUT2D eigenvalue weighted by Gasteiger charge is 2.43. The number of hydrogen-bond donors (Lipinski definition) is 2. The van der Waals surface area contributed by atoms with Crippen LogP contribution in [-0.4, -0.2) is 49.2 Å². The molecule has 0 unspecified atom stereocenters. The molecule has 0 radical (unpaired) electrons.